The van der Waals surface area contributed by atoms with Gasteiger partial charge in [-0.2, -0.15) is 0 Å². The fourth-order valence-electron chi connectivity index (χ4n) is 8.56. The Morgan fingerprint density at radius 1 is 0.839 bits per heavy atom. The number of amides is 2. The van der Waals surface area contributed by atoms with E-state index in [0.717, 1.165) is 54.7 Å². The average Bonchev–Trinajstić information content (AvgIpc) is 3.31. The molecule has 9 rings (SSSR count). The number of hydrogen-bond donors (Lipinski definition) is 5. The van der Waals surface area contributed by atoms with Crippen LogP contribution < -0.4 is 20.9 Å². The van der Waals surface area contributed by atoms with E-state index < -0.39 is 18.2 Å². The van der Waals surface area contributed by atoms with Crippen molar-refractivity contribution < 1.29 is 29.3 Å². The molecule has 2 unspecified atom stereocenters. The standard InChI is InChI=1S/C50H53N5O7/c56-43-21-19-41(42-20-22-46(58)52-48(42)43)44(57)30-51-25-8-26-55(31-34-9-3-1-4-10-34)49(59)38-17-15-35(16-18-38)33-61-40-14-7-13-39(29-40)47(37-11-5-2-6-12-37)53-50(60)62-45-32-54-27-23-36(45)24-28-54/h1-7,9-22,29,36,44-45,47,51,56-57H,8,23-28,30-33H2,(H,52,58)(H,53,60)/t44?,45?,47-/m0/s1. The summed E-state index contributed by atoms with van der Waals surface area (Å²) in [6.07, 6.45) is 1.37. The summed E-state index contributed by atoms with van der Waals surface area (Å²) >= 11 is 0. The summed E-state index contributed by atoms with van der Waals surface area (Å²) in [6, 6.07) is 40.6. The van der Waals surface area contributed by atoms with E-state index >= 15 is 0 Å². The number of aromatic amines is 1. The average molecular weight is 836 g/mol. The minimum atomic E-state index is -0.879. The molecule has 2 amide bonds. The van der Waals surface area contributed by atoms with Crippen LogP contribution in [0.5, 0.6) is 11.5 Å². The number of ether oxygens (including phenoxy) is 2. The zero-order chi connectivity index (χ0) is 42.8. The van der Waals surface area contributed by atoms with Gasteiger partial charge >= 0.3 is 6.09 Å². The summed E-state index contributed by atoms with van der Waals surface area (Å²) in [5, 5.41) is 28.2. The van der Waals surface area contributed by atoms with Crippen LogP contribution in [-0.4, -0.2) is 82.4 Å². The Bertz CT molecular complexity index is 2490. The highest BCUT2D eigenvalue weighted by Gasteiger charge is 2.37. The molecule has 62 heavy (non-hydrogen) atoms. The first-order valence-corrected chi connectivity index (χ1v) is 21.4. The van der Waals surface area contributed by atoms with Gasteiger partial charge < -0.3 is 40.2 Å². The van der Waals surface area contributed by atoms with E-state index in [-0.39, 0.29) is 42.0 Å². The normalized spacial score (nSPS) is 17.9. The van der Waals surface area contributed by atoms with Crippen LogP contribution in [-0.2, 0) is 17.9 Å². The SMILES string of the molecule is O=C(N[C@@H](c1ccccc1)c1cccc(OCc2ccc(C(=O)N(CCCNCC(O)c3ccc(O)c4[nH]c(=O)ccc34)Cc3ccccc3)cc2)c1)OC1CN2CCC1CC2. The number of piperidine rings is 3. The number of hydrogen-bond acceptors (Lipinski definition) is 9. The van der Waals surface area contributed by atoms with E-state index in [1.807, 2.05) is 114 Å². The van der Waals surface area contributed by atoms with Gasteiger partial charge in [0, 0.05) is 43.2 Å². The van der Waals surface area contributed by atoms with Gasteiger partial charge in [0.05, 0.1) is 17.7 Å². The molecule has 3 atom stereocenters. The number of phenols is 1. The third kappa shape index (κ3) is 10.5. The summed E-state index contributed by atoms with van der Waals surface area (Å²) in [4.78, 5) is 45.9. The first-order valence-electron chi connectivity index (χ1n) is 21.4. The van der Waals surface area contributed by atoms with Gasteiger partial charge in [0.2, 0.25) is 5.56 Å². The Morgan fingerprint density at radius 2 is 1.58 bits per heavy atom. The number of benzene rings is 5. The highest BCUT2D eigenvalue weighted by Crippen LogP contribution is 2.31. The number of phenolic OH excluding ortho intramolecular Hbond substituents is 1. The molecule has 12 nitrogen and oxygen atoms in total. The highest BCUT2D eigenvalue weighted by molar-refractivity contribution is 5.94. The van der Waals surface area contributed by atoms with Crippen LogP contribution in [0.25, 0.3) is 10.9 Å². The van der Waals surface area contributed by atoms with Gasteiger partial charge in [-0.15, -0.1) is 0 Å². The van der Waals surface area contributed by atoms with Crippen molar-refractivity contribution in [3.8, 4) is 11.5 Å². The minimum Gasteiger partial charge on any atom is -0.506 e. The number of carbonyl (C=O) groups excluding carboxylic acids is 2. The molecule has 3 saturated heterocycles. The second-order valence-corrected chi connectivity index (χ2v) is 16.2. The van der Waals surface area contributed by atoms with Crippen LogP contribution in [0.2, 0.25) is 0 Å². The number of nitrogens with zero attached hydrogens (tertiary/aromatic N) is 2. The van der Waals surface area contributed by atoms with Gasteiger partial charge in [-0.25, -0.2) is 4.79 Å². The predicted molar refractivity (Wildman–Crippen MR) is 238 cm³/mol. The van der Waals surface area contributed by atoms with Crippen molar-refractivity contribution in [1.29, 1.82) is 0 Å². The summed E-state index contributed by atoms with van der Waals surface area (Å²) < 4.78 is 12.3. The molecule has 0 spiro atoms. The lowest BCUT2D eigenvalue weighted by molar-refractivity contribution is -0.0336. The van der Waals surface area contributed by atoms with E-state index in [1.165, 1.54) is 12.1 Å². The van der Waals surface area contributed by atoms with E-state index in [4.69, 9.17) is 9.47 Å². The molecule has 3 fully saturated rings. The van der Waals surface area contributed by atoms with E-state index in [1.54, 1.807) is 12.1 Å². The molecule has 6 aromatic rings. The molecular formula is C50H53N5O7. The van der Waals surface area contributed by atoms with Crippen LogP contribution in [0.15, 0.2) is 138 Å². The van der Waals surface area contributed by atoms with Crippen molar-refractivity contribution in [2.75, 3.05) is 39.3 Å². The zero-order valence-electron chi connectivity index (χ0n) is 34.6. The van der Waals surface area contributed by atoms with Crippen molar-refractivity contribution >= 4 is 22.9 Å². The van der Waals surface area contributed by atoms with Crippen molar-refractivity contribution in [3.63, 3.8) is 0 Å². The van der Waals surface area contributed by atoms with Crippen molar-refractivity contribution in [1.82, 2.24) is 25.4 Å². The summed E-state index contributed by atoms with van der Waals surface area (Å²) in [5.74, 6) is 0.914. The Hall–Kier alpha value is -6.47. The molecule has 0 radical (unpaired) electrons. The van der Waals surface area contributed by atoms with E-state index in [0.29, 0.717) is 54.2 Å². The van der Waals surface area contributed by atoms with Gasteiger partial charge in [0.1, 0.15) is 24.2 Å². The van der Waals surface area contributed by atoms with Gasteiger partial charge in [0.25, 0.3) is 5.91 Å². The maximum atomic E-state index is 14.0. The summed E-state index contributed by atoms with van der Waals surface area (Å²) in [6.45, 7) is 4.95. The molecular weight excluding hydrogens is 783 g/mol. The first-order chi connectivity index (χ1) is 30.3. The van der Waals surface area contributed by atoms with Crippen LogP contribution in [0.4, 0.5) is 4.79 Å². The lowest BCUT2D eigenvalue weighted by atomic mass is 9.86. The number of H-pyrrole nitrogens is 1. The van der Waals surface area contributed by atoms with Crippen molar-refractivity contribution in [2.24, 2.45) is 5.92 Å². The largest absolute Gasteiger partial charge is 0.506 e. The number of carbonyl (C=O) groups is 2. The minimum absolute atomic E-state index is 0.0591. The monoisotopic (exact) mass is 835 g/mol. The Labute approximate surface area is 361 Å². The molecule has 5 N–H and O–H groups in total. The quantitative estimate of drug-likeness (QED) is 0.0607. The number of aliphatic hydroxyl groups excluding tert-OH is 1. The number of alkyl carbamates (subject to hydrolysis) is 1. The molecule has 5 aromatic carbocycles. The lowest BCUT2D eigenvalue weighted by Gasteiger charge is -2.43. The molecule has 320 valence electrons. The molecule has 3 aliphatic rings. The van der Waals surface area contributed by atoms with Crippen LogP contribution in [0.3, 0.4) is 0 Å². The Kier molecular flexibility index (Phi) is 13.6. The molecule has 3 aliphatic heterocycles. The number of aromatic hydroxyl groups is 1. The topological polar surface area (TPSA) is 156 Å². The molecule has 0 aliphatic carbocycles. The summed E-state index contributed by atoms with van der Waals surface area (Å²) in [5.41, 5.74) is 4.83. The Morgan fingerprint density at radius 3 is 2.32 bits per heavy atom. The molecule has 12 heteroatoms. The number of nitrogens with one attached hydrogen (secondary N) is 3. The predicted octanol–water partition coefficient (Wildman–Crippen LogP) is 7.08. The fourth-order valence-corrected chi connectivity index (χ4v) is 8.56. The van der Waals surface area contributed by atoms with Crippen LogP contribution in [0, 0.1) is 5.92 Å². The lowest BCUT2D eigenvalue weighted by Crippen LogP contribution is -2.52. The van der Waals surface area contributed by atoms with Gasteiger partial charge in [-0.05, 0) is 109 Å². The molecule has 4 heterocycles. The third-order valence-electron chi connectivity index (χ3n) is 11.9. The number of fused-ring (bicyclic) bond motifs is 4. The smallest absolute Gasteiger partial charge is 0.408 e. The second-order valence-electron chi connectivity index (χ2n) is 16.2. The second kappa shape index (κ2) is 19.9. The Balaban J connectivity index is 0.869. The third-order valence-corrected chi connectivity index (χ3v) is 11.9. The van der Waals surface area contributed by atoms with Crippen molar-refractivity contribution in [3.05, 3.63) is 177 Å². The van der Waals surface area contributed by atoms with Gasteiger partial charge in [-0.3, -0.25) is 14.5 Å². The number of aromatic nitrogens is 1. The van der Waals surface area contributed by atoms with E-state index in [9.17, 15) is 24.6 Å². The van der Waals surface area contributed by atoms with Crippen LogP contribution >= 0.6 is 0 Å². The number of pyridine rings is 1. The summed E-state index contributed by atoms with van der Waals surface area (Å²) in [7, 11) is 0. The van der Waals surface area contributed by atoms with E-state index in [2.05, 4.69) is 20.5 Å². The number of aliphatic hydroxyl groups is 1. The maximum absolute atomic E-state index is 14.0. The van der Waals surface area contributed by atoms with Crippen LogP contribution in [0.1, 0.15) is 69.6 Å². The van der Waals surface area contributed by atoms with Gasteiger partial charge in [0.15, 0.2) is 0 Å². The molecule has 2 bridgehead atoms. The molecule has 1 aromatic heterocycles. The fraction of sp³-hybridized carbons (Fsp3) is 0.300. The maximum Gasteiger partial charge on any atom is 0.408 e. The first kappa shape index (κ1) is 42.2. The number of rotatable bonds is 17. The zero-order valence-corrected chi connectivity index (χ0v) is 34.6. The molecule has 0 saturated carbocycles. The van der Waals surface area contributed by atoms with Crippen molar-refractivity contribution in [2.45, 2.75) is 50.7 Å². The van der Waals surface area contributed by atoms with Gasteiger partial charge in [-0.1, -0.05) is 91.0 Å². The highest BCUT2D eigenvalue weighted by atomic mass is 16.6.